The highest BCUT2D eigenvalue weighted by Crippen LogP contribution is 2.41. The molecular weight excluding hydrogens is 428 g/mol. The molecule has 0 aromatic heterocycles. The number of phenols is 1. The quantitative estimate of drug-likeness (QED) is 0.278. The molecule has 3 heteroatoms. The van der Waals surface area contributed by atoms with Crippen molar-refractivity contribution in [2.45, 2.75) is 12.8 Å². The summed E-state index contributed by atoms with van der Waals surface area (Å²) in [4.78, 5) is 4.26. The number of benzene rings is 5. The Kier molecular flexibility index (Phi) is 5.86. The maximum Gasteiger partial charge on any atom is 0.126 e. The molecule has 35 heavy (non-hydrogen) atoms. The predicted octanol–water partition coefficient (Wildman–Crippen LogP) is 7.32. The summed E-state index contributed by atoms with van der Waals surface area (Å²) in [6, 6.07) is 32.6. The van der Waals surface area contributed by atoms with E-state index in [-0.39, 0.29) is 5.92 Å². The van der Waals surface area contributed by atoms with E-state index in [0.29, 0.717) is 5.75 Å². The number of aryl methyl sites for hydroxylation is 1. The number of anilines is 2. The molecule has 0 amide bonds. The number of hydrogen-bond acceptors (Lipinski definition) is 3. The molecule has 1 atom stereocenters. The first-order chi connectivity index (χ1) is 16.8. The largest absolute Gasteiger partial charge is 0.507 e. The van der Waals surface area contributed by atoms with Crippen molar-refractivity contribution < 1.29 is 5.11 Å². The highest BCUT2D eigenvalue weighted by Gasteiger charge is 2.22. The van der Waals surface area contributed by atoms with Crippen LogP contribution in [0.25, 0.3) is 21.5 Å². The van der Waals surface area contributed by atoms with Crippen molar-refractivity contribution in [2.75, 3.05) is 38.0 Å². The van der Waals surface area contributed by atoms with E-state index in [2.05, 4.69) is 117 Å². The minimum atomic E-state index is 0.0355. The Hall–Kier alpha value is -3.98. The van der Waals surface area contributed by atoms with Gasteiger partial charge in [-0.3, -0.25) is 0 Å². The second kappa shape index (κ2) is 8.99. The molecule has 0 fully saturated rings. The van der Waals surface area contributed by atoms with Gasteiger partial charge >= 0.3 is 0 Å². The fraction of sp³-hybridized carbons (Fsp3) is 0.188. The molecule has 5 rings (SSSR count). The normalized spacial score (nSPS) is 12.1. The zero-order valence-corrected chi connectivity index (χ0v) is 21.1. The van der Waals surface area contributed by atoms with Gasteiger partial charge in [-0.25, -0.2) is 0 Å². The van der Waals surface area contributed by atoms with Gasteiger partial charge in [-0.15, -0.1) is 0 Å². The van der Waals surface area contributed by atoms with E-state index in [9.17, 15) is 5.11 Å². The summed E-state index contributed by atoms with van der Waals surface area (Å²) in [5.41, 5.74) is 6.94. The van der Waals surface area contributed by atoms with E-state index in [1.807, 2.05) is 19.1 Å². The highest BCUT2D eigenvalue weighted by molar-refractivity contribution is 5.93. The molecule has 0 aliphatic rings. The zero-order chi connectivity index (χ0) is 24.7. The molecule has 0 heterocycles. The van der Waals surface area contributed by atoms with Gasteiger partial charge in [0, 0.05) is 50.9 Å². The standard InChI is InChI=1S/C32H32N2O/c1-21-18-30(28-8-6-7-9-29(28)32(21)35)31(22-12-15-26(16-13-22)33(2)3)25-11-10-24-20-27(34(4)5)17-14-23(24)19-25/h6-20,31,35H,1-5H3. The van der Waals surface area contributed by atoms with Gasteiger partial charge in [0.15, 0.2) is 0 Å². The first-order valence-corrected chi connectivity index (χ1v) is 12.0. The smallest absolute Gasteiger partial charge is 0.126 e. The van der Waals surface area contributed by atoms with Crippen molar-refractivity contribution >= 4 is 32.9 Å². The Balaban J connectivity index is 1.75. The van der Waals surface area contributed by atoms with Crippen molar-refractivity contribution in [3.05, 3.63) is 113 Å². The van der Waals surface area contributed by atoms with E-state index in [1.54, 1.807) is 0 Å². The minimum Gasteiger partial charge on any atom is -0.507 e. The fourth-order valence-corrected chi connectivity index (χ4v) is 5.00. The molecule has 0 spiro atoms. The van der Waals surface area contributed by atoms with Crippen LogP contribution in [0.1, 0.15) is 28.2 Å². The molecule has 0 radical (unpaired) electrons. The lowest BCUT2D eigenvalue weighted by atomic mass is 9.81. The molecule has 0 aliphatic heterocycles. The summed E-state index contributed by atoms with van der Waals surface area (Å²) in [7, 11) is 8.27. The second-order valence-corrected chi connectivity index (χ2v) is 9.78. The van der Waals surface area contributed by atoms with Crippen molar-refractivity contribution in [3.8, 4) is 5.75 Å². The molecule has 1 N–H and O–H groups in total. The van der Waals surface area contributed by atoms with Gasteiger partial charge in [-0.1, -0.05) is 66.7 Å². The third-order valence-corrected chi connectivity index (χ3v) is 6.99. The fourth-order valence-electron chi connectivity index (χ4n) is 5.00. The molecule has 3 nitrogen and oxygen atoms in total. The maximum absolute atomic E-state index is 10.8. The predicted molar refractivity (Wildman–Crippen MR) is 150 cm³/mol. The summed E-state index contributed by atoms with van der Waals surface area (Å²) in [5.74, 6) is 0.397. The lowest BCUT2D eigenvalue weighted by Crippen LogP contribution is -2.10. The van der Waals surface area contributed by atoms with Crippen LogP contribution in [0.3, 0.4) is 0 Å². The van der Waals surface area contributed by atoms with Gasteiger partial charge in [-0.2, -0.15) is 0 Å². The van der Waals surface area contributed by atoms with Crippen LogP contribution < -0.4 is 9.80 Å². The average Bonchev–Trinajstić information content (AvgIpc) is 2.87. The Bertz CT molecular complexity index is 1520. The molecule has 5 aromatic rings. The molecule has 176 valence electrons. The lowest BCUT2D eigenvalue weighted by Gasteiger charge is -2.24. The van der Waals surface area contributed by atoms with Gasteiger partial charge in [-0.05, 0) is 69.6 Å². The van der Waals surface area contributed by atoms with E-state index in [0.717, 1.165) is 16.3 Å². The minimum absolute atomic E-state index is 0.0355. The van der Waals surface area contributed by atoms with Gasteiger partial charge in [0.1, 0.15) is 5.75 Å². The Morgan fingerprint density at radius 2 is 1.17 bits per heavy atom. The SMILES string of the molecule is Cc1cc(C(c2ccc(N(C)C)cc2)c2ccc3cc(N(C)C)ccc3c2)c2ccccc2c1O. The van der Waals surface area contributed by atoms with E-state index >= 15 is 0 Å². The van der Waals surface area contributed by atoms with Crippen molar-refractivity contribution in [2.24, 2.45) is 0 Å². The molecule has 0 bridgehead atoms. The van der Waals surface area contributed by atoms with E-state index in [4.69, 9.17) is 0 Å². The lowest BCUT2D eigenvalue weighted by molar-refractivity contribution is 0.477. The number of nitrogens with zero attached hydrogens (tertiary/aromatic N) is 2. The number of hydrogen-bond donors (Lipinski definition) is 1. The summed E-state index contributed by atoms with van der Waals surface area (Å²) in [6.45, 7) is 1.99. The number of phenolic OH excluding ortho intramolecular Hbond substituents is 1. The van der Waals surface area contributed by atoms with Gasteiger partial charge in [0.2, 0.25) is 0 Å². The molecule has 5 aromatic carbocycles. The summed E-state index contributed by atoms with van der Waals surface area (Å²) >= 11 is 0. The second-order valence-electron chi connectivity index (χ2n) is 9.78. The number of rotatable bonds is 5. The summed E-state index contributed by atoms with van der Waals surface area (Å²) in [5, 5.41) is 15.2. The first kappa shape index (κ1) is 22.8. The molecule has 0 aliphatic carbocycles. The zero-order valence-electron chi connectivity index (χ0n) is 21.1. The van der Waals surface area contributed by atoms with Gasteiger partial charge < -0.3 is 14.9 Å². The summed E-state index contributed by atoms with van der Waals surface area (Å²) in [6.07, 6.45) is 0. The van der Waals surface area contributed by atoms with Crippen LogP contribution in [0.2, 0.25) is 0 Å². The van der Waals surface area contributed by atoms with Crippen molar-refractivity contribution in [1.82, 2.24) is 0 Å². The molecular formula is C32H32N2O. The molecule has 0 saturated carbocycles. The van der Waals surface area contributed by atoms with Crippen molar-refractivity contribution in [1.29, 1.82) is 0 Å². The van der Waals surface area contributed by atoms with E-state index in [1.165, 1.54) is 38.8 Å². The van der Waals surface area contributed by atoms with Crippen LogP contribution >= 0.6 is 0 Å². The Morgan fingerprint density at radius 1 is 0.600 bits per heavy atom. The average molecular weight is 461 g/mol. The molecule has 1 unspecified atom stereocenters. The highest BCUT2D eigenvalue weighted by atomic mass is 16.3. The van der Waals surface area contributed by atoms with E-state index < -0.39 is 0 Å². The van der Waals surface area contributed by atoms with Crippen LogP contribution in [-0.2, 0) is 0 Å². The maximum atomic E-state index is 10.8. The van der Waals surface area contributed by atoms with Crippen LogP contribution in [0.5, 0.6) is 5.75 Å². The monoisotopic (exact) mass is 460 g/mol. The van der Waals surface area contributed by atoms with Crippen LogP contribution in [0.4, 0.5) is 11.4 Å². The van der Waals surface area contributed by atoms with Crippen LogP contribution in [-0.4, -0.2) is 33.3 Å². The molecule has 0 saturated heterocycles. The third-order valence-electron chi connectivity index (χ3n) is 6.99. The Labute approximate surface area is 207 Å². The van der Waals surface area contributed by atoms with Crippen LogP contribution in [0, 0.1) is 6.92 Å². The summed E-state index contributed by atoms with van der Waals surface area (Å²) < 4.78 is 0. The van der Waals surface area contributed by atoms with Crippen LogP contribution in [0.15, 0.2) is 91.0 Å². The number of aromatic hydroxyl groups is 1. The van der Waals surface area contributed by atoms with Gasteiger partial charge in [0.05, 0.1) is 0 Å². The van der Waals surface area contributed by atoms with Gasteiger partial charge in [0.25, 0.3) is 0 Å². The Morgan fingerprint density at radius 3 is 1.86 bits per heavy atom. The number of fused-ring (bicyclic) bond motifs is 2. The third kappa shape index (κ3) is 4.19. The topological polar surface area (TPSA) is 26.7 Å². The first-order valence-electron chi connectivity index (χ1n) is 12.0. The van der Waals surface area contributed by atoms with Crippen molar-refractivity contribution in [3.63, 3.8) is 0 Å².